The highest BCUT2D eigenvalue weighted by Gasteiger charge is 2.21. The van der Waals surface area contributed by atoms with Crippen LogP contribution in [0.1, 0.15) is 38.7 Å². The molecule has 0 bridgehead atoms. The van der Waals surface area contributed by atoms with E-state index in [1.807, 2.05) is 26.0 Å². The van der Waals surface area contributed by atoms with Crippen LogP contribution in [0.3, 0.4) is 0 Å². The van der Waals surface area contributed by atoms with Gasteiger partial charge in [-0.1, -0.05) is 6.07 Å². The Bertz CT molecular complexity index is 1910. The van der Waals surface area contributed by atoms with Crippen molar-refractivity contribution in [1.29, 1.82) is 0 Å². The van der Waals surface area contributed by atoms with Crippen LogP contribution in [0, 0.1) is 25.5 Å². The number of aliphatic hydroxyl groups excluding tert-OH is 1. The number of nitrogens with zero attached hydrogens (tertiary/aromatic N) is 3. The third-order valence-corrected chi connectivity index (χ3v) is 6.82. The largest absolute Gasteiger partial charge is 0.384 e. The van der Waals surface area contributed by atoms with Crippen molar-refractivity contribution in [2.75, 3.05) is 5.32 Å². The summed E-state index contributed by atoms with van der Waals surface area (Å²) >= 11 is 0. The minimum absolute atomic E-state index is 0.00972. The molecule has 1 atom stereocenters. The van der Waals surface area contributed by atoms with Crippen LogP contribution in [0.2, 0.25) is 0 Å². The number of carbonyl (C=O) groups excluding carboxylic acids is 1. The van der Waals surface area contributed by atoms with Crippen molar-refractivity contribution in [3.63, 3.8) is 0 Å². The van der Waals surface area contributed by atoms with E-state index in [1.54, 1.807) is 12.3 Å². The summed E-state index contributed by atoms with van der Waals surface area (Å²) in [7, 11) is 1.36. The summed E-state index contributed by atoms with van der Waals surface area (Å²) in [5, 5.41) is 14.2. The first-order chi connectivity index (χ1) is 19.0. The molecule has 2 aromatic heterocycles. The number of fused-ring (bicyclic) bond motifs is 1. The standard InChI is InChI=1S/C30H24F2N4O4/c1-16-12-23-21(10-11-33-26(23)13-17(16)2)27(37)22-9-6-19(14-25(22)32)34-28(38)24-15-35(3)30(40)36(29(24)39)20-7-4-18(31)5-8-20/h4-15,27,37H,1-3H3,(H,34,38). The number of benzene rings is 3. The Morgan fingerprint density at radius 1 is 0.950 bits per heavy atom. The van der Waals surface area contributed by atoms with Gasteiger partial charge in [0.2, 0.25) is 0 Å². The van der Waals surface area contributed by atoms with E-state index < -0.39 is 34.9 Å². The molecule has 5 rings (SSSR count). The molecule has 3 aromatic carbocycles. The number of pyridine rings is 1. The summed E-state index contributed by atoms with van der Waals surface area (Å²) in [6.45, 7) is 3.90. The van der Waals surface area contributed by atoms with Gasteiger partial charge in [0, 0.05) is 36.1 Å². The van der Waals surface area contributed by atoms with E-state index >= 15 is 4.39 Å². The molecular weight excluding hydrogens is 518 g/mol. The van der Waals surface area contributed by atoms with Crippen molar-refractivity contribution >= 4 is 22.5 Å². The molecule has 5 aromatic rings. The fourth-order valence-electron chi connectivity index (χ4n) is 4.50. The highest BCUT2D eigenvalue weighted by Crippen LogP contribution is 2.31. The molecule has 1 amide bonds. The van der Waals surface area contributed by atoms with Crippen molar-refractivity contribution in [3.05, 3.63) is 133 Å². The third-order valence-electron chi connectivity index (χ3n) is 6.82. The van der Waals surface area contributed by atoms with E-state index in [4.69, 9.17) is 0 Å². The lowest BCUT2D eigenvalue weighted by atomic mass is 9.95. The van der Waals surface area contributed by atoms with Crippen LogP contribution in [0.5, 0.6) is 0 Å². The van der Waals surface area contributed by atoms with Gasteiger partial charge in [-0.2, -0.15) is 0 Å². The summed E-state index contributed by atoms with van der Waals surface area (Å²) in [4.78, 5) is 43.0. The first kappa shape index (κ1) is 26.6. The molecule has 8 nitrogen and oxygen atoms in total. The minimum Gasteiger partial charge on any atom is -0.384 e. The number of rotatable bonds is 5. The number of carbonyl (C=O) groups is 1. The van der Waals surface area contributed by atoms with Crippen molar-refractivity contribution in [3.8, 4) is 5.69 Å². The number of halogens is 2. The molecule has 0 aliphatic heterocycles. The van der Waals surface area contributed by atoms with E-state index in [-0.39, 0.29) is 22.5 Å². The van der Waals surface area contributed by atoms with Gasteiger partial charge in [0.25, 0.3) is 11.5 Å². The summed E-state index contributed by atoms with van der Waals surface area (Å²) in [5.74, 6) is -2.21. The molecule has 40 heavy (non-hydrogen) atoms. The molecule has 2 N–H and O–H groups in total. The van der Waals surface area contributed by atoms with Crippen LogP contribution >= 0.6 is 0 Å². The first-order valence-corrected chi connectivity index (χ1v) is 12.3. The fraction of sp³-hybridized carbons (Fsp3) is 0.133. The number of hydrogen-bond donors (Lipinski definition) is 2. The fourth-order valence-corrected chi connectivity index (χ4v) is 4.50. The SMILES string of the molecule is Cc1cc2nccc(C(O)c3ccc(NC(=O)c4cn(C)c(=O)n(-c5ccc(F)cc5)c4=O)cc3F)c2cc1C. The van der Waals surface area contributed by atoms with Gasteiger partial charge in [-0.15, -0.1) is 0 Å². The number of anilines is 1. The Balaban J connectivity index is 1.46. The second kappa shape index (κ2) is 10.3. The normalized spacial score (nSPS) is 11.9. The number of amides is 1. The monoisotopic (exact) mass is 542 g/mol. The number of aromatic nitrogens is 3. The van der Waals surface area contributed by atoms with Crippen molar-refractivity contribution < 1.29 is 18.7 Å². The summed E-state index contributed by atoms with van der Waals surface area (Å²) in [6.07, 6.45) is 1.32. The predicted molar refractivity (Wildman–Crippen MR) is 147 cm³/mol. The molecule has 0 saturated heterocycles. The van der Waals surface area contributed by atoms with Crippen LogP contribution in [0.25, 0.3) is 16.6 Å². The van der Waals surface area contributed by atoms with E-state index in [9.17, 15) is 23.9 Å². The Hall–Kier alpha value is -4.96. The zero-order valence-corrected chi connectivity index (χ0v) is 21.8. The maximum Gasteiger partial charge on any atom is 0.335 e. The highest BCUT2D eigenvalue weighted by atomic mass is 19.1. The maximum atomic E-state index is 15.2. The first-order valence-electron chi connectivity index (χ1n) is 12.3. The van der Waals surface area contributed by atoms with Crippen LogP contribution < -0.4 is 16.6 Å². The average molecular weight is 543 g/mol. The second-order valence-corrected chi connectivity index (χ2v) is 9.50. The van der Waals surface area contributed by atoms with Gasteiger partial charge in [0.05, 0.1) is 11.2 Å². The molecule has 0 aliphatic carbocycles. The van der Waals surface area contributed by atoms with E-state index in [2.05, 4.69) is 10.3 Å². The Kier molecular flexibility index (Phi) is 6.87. The molecule has 0 fully saturated rings. The van der Waals surface area contributed by atoms with Gasteiger partial charge in [-0.05, 0) is 85.1 Å². The van der Waals surface area contributed by atoms with E-state index in [1.165, 1.54) is 31.3 Å². The molecule has 0 radical (unpaired) electrons. The van der Waals surface area contributed by atoms with Crippen LogP contribution in [-0.2, 0) is 7.05 Å². The lowest BCUT2D eigenvalue weighted by Gasteiger charge is -2.16. The smallest absolute Gasteiger partial charge is 0.335 e. The third kappa shape index (κ3) is 4.80. The van der Waals surface area contributed by atoms with E-state index in [0.29, 0.717) is 16.5 Å². The van der Waals surface area contributed by atoms with Gasteiger partial charge in [0.1, 0.15) is 23.3 Å². The number of hydrogen-bond acceptors (Lipinski definition) is 5. The van der Waals surface area contributed by atoms with Crippen molar-refractivity contribution in [2.24, 2.45) is 7.05 Å². The van der Waals surface area contributed by atoms with Gasteiger partial charge < -0.3 is 15.0 Å². The predicted octanol–water partition coefficient (Wildman–Crippen LogP) is 4.31. The highest BCUT2D eigenvalue weighted by molar-refractivity contribution is 6.03. The Labute approximate surface area is 226 Å². The van der Waals surface area contributed by atoms with Gasteiger partial charge in [-0.3, -0.25) is 14.6 Å². The van der Waals surface area contributed by atoms with Gasteiger partial charge in [0.15, 0.2) is 0 Å². The van der Waals surface area contributed by atoms with Gasteiger partial charge >= 0.3 is 5.69 Å². The zero-order chi connectivity index (χ0) is 28.7. The van der Waals surface area contributed by atoms with Crippen LogP contribution in [0.15, 0.2) is 82.6 Å². The Morgan fingerprint density at radius 2 is 1.65 bits per heavy atom. The lowest BCUT2D eigenvalue weighted by molar-refractivity contribution is 0.102. The zero-order valence-electron chi connectivity index (χ0n) is 21.8. The quantitative estimate of drug-likeness (QED) is 0.344. The topological polar surface area (TPSA) is 106 Å². The molecule has 2 heterocycles. The van der Waals surface area contributed by atoms with Crippen LogP contribution in [-0.4, -0.2) is 25.1 Å². The number of aryl methyl sites for hydroxylation is 3. The number of nitrogens with one attached hydrogen (secondary N) is 1. The lowest BCUT2D eigenvalue weighted by Crippen LogP contribution is -2.41. The number of aliphatic hydroxyl groups is 1. The van der Waals surface area contributed by atoms with E-state index in [0.717, 1.165) is 44.7 Å². The van der Waals surface area contributed by atoms with Gasteiger partial charge in [-0.25, -0.2) is 18.1 Å². The molecule has 1 unspecified atom stereocenters. The maximum absolute atomic E-state index is 15.2. The molecule has 0 aliphatic rings. The van der Waals surface area contributed by atoms with Crippen LogP contribution in [0.4, 0.5) is 14.5 Å². The molecule has 202 valence electrons. The summed E-state index contributed by atoms with van der Waals surface area (Å²) in [5.41, 5.74) is 1.27. The van der Waals surface area contributed by atoms with Crippen molar-refractivity contribution in [1.82, 2.24) is 14.1 Å². The molecule has 10 heteroatoms. The Morgan fingerprint density at radius 3 is 2.35 bits per heavy atom. The summed E-state index contributed by atoms with van der Waals surface area (Å²) in [6, 6.07) is 13.9. The molecular formula is C30H24F2N4O4. The van der Waals surface area contributed by atoms with Crippen molar-refractivity contribution in [2.45, 2.75) is 20.0 Å². The molecule has 0 saturated carbocycles. The minimum atomic E-state index is -1.30. The summed E-state index contributed by atoms with van der Waals surface area (Å²) < 4.78 is 30.4. The second-order valence-electron chi connectivity index (χ2n) is 9.50. The average Bonchev–Trinajstić information content (AvgIpc) is 2.92. The molecule has 0 spiro atoms.